The molecule has 1 aromatic rings. The molecule has 4 nitrogen and oxygen atoms in total. The van der Waals surface area contributed by atoms with Crippen LogP contribution in [0.1, 0.15) is 24.5 Å². The second kappa shape index (κ2) is 5.89. The Balaban J connectivity index is 2.53. The number of hydrogen-bond acceptors (Lipinski definition) is 4. The summed E-state index contributed by atoms with van der Waals surface area (Å²) in [6, 6.07) is 1.73. The topological polar surface area (TPSA) is 47.9 Å². The van der Waals surface area contributed by atoms with Gasteiger partial charge in [0, 0.05) is 28.6 Å². The summed E-state index contributed by atoms with van der Waals surface area (Å²) in [6.07, 6.45) is 3.12. The van der Waals surface area contributed by atoms with E-state index in [4.69, 9.17) is 21.1 Å². The van der Waals surface area contributed by atoms with E-state index < -0.39 is 0 Å². The summed E-state index contributed by atoms with van der Waals surface area (Å²) in [5.74, 6) is 1.41. The fourth-order valence-electron chi connectivity index (χ4n) is 2.03. The van der Waals surface area contributed by atoms with Gasteiger partial charge in [0.2, 0.25) is 6.08 Å². The molecule has 0 N–H and O–H groups in total. The molecular weight excluding hydrogens is 254 g/mol. The van der Waals surface area contributed by atoms with Gasteiger partial charge >= 0.3 is 0 Å². The van der Waals surface area contributed by atoms with Gasteiger partial charge in [0.05, 0.1) is 19.8 Å². The second-order valence-electron chi connectivity index (χ2n) is 3.95. The van der Waals surface area contributed by atoms with Gasteiger partial charge in [-0.15, -0.1) is 0 Å². The lowest BCUT2D eigenvalue weighted by atomic mass is 10.0. The van der Waals surface area contributed by atoms with Gasteiger partial charge in [-0.05, 0) is 6.42 Å². The van der Waals surface area contributed by atoms with E-state index in [0.717, 1.165) is 29.7 Å². The van der Waals surface area contributed by atoms with Crippen molar-refractivity contribution >= 4 is 17.7 Å². The first-order valence-electron chi connectivity index (χ1n) is 5.91. The zero-order chi connectivity index (χ0) is 13.0. The average Bonchev–Trinajstić information content (AvgIpc) is 2.60. The third kappa shape index (κ3) is 2.50. The van der Waals surface area contributed by atoms with Crippen LogP contribution in [0.2, 0.25) is 5.02 Å². The molecule has 0 fully saturated rings. The predicted molar refractivity (Wildman–Crippen MR) is 68.3 cm³/mol. The molecule has 5 heteroatoms. The number of carbonyl (C=O) groups excluding carboxylic acids is 1. The van der Waals surface area contributed by atoms with Gasteiger partial charge in [-0.25, -0.2) is 9.79 Å². The summed E-state index contributed by atoms with van der Waals surface area (Å²) in [7, 11) is 0. The lowest BCUT2D eigenvalue weighted by molar-refractivity contribution is 0.296. The van der Waals surface area contributed by atoms with E-state index in [1.54, 1.807) is 6.07 Å². The van der Waals surface area contributed by atoms with Crippen molar-refractivity contribution in [2.45, 2.75) is 26.3 Å². The Morgan fingerprint density at radius 2 is 2.17 bits per heavy atom. The zero-order valence-electron chi connectivity index (χ0n) is 10.2. The molecule has 0 bridgehead atoms. The Kier molecular flexibility index (Phi) is 4.24. The third-order valence-corrected chi connectivity index (χ3v) is 3.19. The minimum Gasteiger partial charge on any atom is -0.489 e. The van der Waals surface area contributed by atoms with Crippen molar-refractivity contribution in [2.24, 2.45) is 4.99 Å². The summed E-state index contributed by atoms with van der Waals surface area (Å²) in [4.78, 5) is 13.8. The standard InChI is InChI=1S/C13H14ClNO3/c1-2-9-10(7-15-8-16)11(14)6-12-13(9)18-5-3-4-17-12/h6H,2-5,7H2,1H3. The predicted octanol–water partition coefficient (Wildman–Crippen LogP) is 2.90. The molecule has 0 saturated heterocycles. The van der Waals surface area contributed by atoms with Gasteiger partial charge < -0.3 is 9.47 Å². The molecule has 0 unspecified atom stereocenters. The van der Waals surface area contributed by atoms with Crippen LogP contribution in [0.3, 0.4) is 0 Å². The molecular formula is C13H14ClNO3. The maximum atomic E-state index is 10.2. The van der Waals surface area contributed by atoms with Crippen molar-refractivity contribution in [3.05, 3.63) is 22.2 Å². The van der Waals surface area contributed by atoms with Gasteiger partial charge in [-0.2, -0.15) is 0 Å². The number of hydrogen-bond donors (Lipinski definition) is 0. The Labute approximate surface area is 111 Å². The highest BCUT2D eigenvalue weighted by Gasteiger charge is 2.20. The van der Waals surface area contributed by atoms with Crippen molar-refractivity contribution < 1.29 is 14.3 Å². The van der Waals surface area contributed by atoms with E-state index >= 15 is 0 Å². The van der Waals surface area contributed by atoms with Crippen LogP contribution in [0.5, 0.6) is 11.5 Å². The fraction of sp³-hybridized carbons (Fsp3) is 0.462. The number of rotatable bonds is 3. The Hall–Kier alpha value is -1.51. The smallest absolute Gasteiger partial charge is 0.235 e. The van der Waals surface area contributed by atoms with Crippen LogP contribution in [0, 0.1) is 0 Å². The van der Waals surface area contributed by atoms with Crippen LogP contribution in [0.4, 0.5) is 0 Å². The maximum absolute atomic E-state index is 10.2. The van der Waals surface area contributed by atoms with E-state index in [0.29, 0.717) is 24.0 Å². The quantitative estimate of drug-likeness (QED) is 0.625. The second-order valence-corrected chi connectivity index (χ2v) is 4.36. The first-order valence-corrected chi connectivity index (χ1v) is 6.29. The maximum Gasteiger partial charge on any atom is 0.235 e. The normalized spacial score (nSPS) is 13.7. The van der Waals surface area contributed by atoms with Gasteiger partial charge in [0.1, 0.15) is 0 Å². The molecule has 0 aliphatic carbocycles. The van der Waals surface area contributed by atoms with E-state index in [2.05, 4.69) is 4.99 Å². The van der Waals surface area contributed by atoms with Gasteiger partial charge in [0.15, 0.2) is 11.5 Å². The minimum absolute atomic E-state index is 0.224. The monoisotopic (exact) mass is 267 g/mol. The fourth-order valence-corrected chi connectivity index (χ4v) is 2.31. The summed E-state index contributed by atoms with van der Waals surface area (Å²) in [5.41, 5.74) is 1.77. The molecule has 0 saturated carbocycles. The van der Waals surface area contributed by atoms with Crippen LogP contribution in [-0.2, 0) is 17.8 Å². The SMILES string of the molecule is CCc1c(CN=C=O)c(Cl)cc2c1OCCCO2. The molecule has 1 aliphatic rings. The van der Waals surface area contributed by atoms with Gasteiger partial charge in [-0.1, -0.05) is 18.5 Å². The number of fused-ring (bicyclic) bond motifs is 1. The Bertz CT molecular complexity index is 495. The lowest BCUT2D eigenvalue weighted by Crippen LogP contribution is -2.01. The molecule has 0 spiro atoms. The molecule has 1 aliphatic heterocycles. The first kappa shape index (κ1) is 12.9. The molecule has 0 aromatic heterocycles. The van der Waals surface area contributed by atoms with Crippen molar-refractivity contribution in [3.8, 4) is 11.5 Å². The zero-order valence-corrected chi connectivity index (χ0v) is 10.9. The highest BCUT2D eigenvalue weighted by molar-refractivity contribution is 6.31. The van der Waals surface area contributed by atoms with Crippen LogP contribution < -0.4 is 9.47 Å². The summed E-state index contributed by atoms with van der Waals surface area (Å²) in [5, 5.41) is 0.551. The minimum atomic E-state index is 0.224. The van der Waals surface area contributed by atoms with E-state index in [9.17, 15) is 4.79 Å². The van der Waals surface area contributed by atoms with Crippen molar-refractivity contribution in [1.82, 2.24) is 0 Å². The van der Waals surface area contributed by atoms with Crippen LogP contribution in [-0.4, -0.2) is 19.3 Å². The highest BCUT2D eigenvalue weighted by Crippen LogP contribution is 2.40. The number of benzene rings is 1. The van der Waals surface area contributed by atoms with E-state index in [-0.39, 0.29) is 6.54 Å². The molecule has 2 rings (SSSR count). The molecule has 1 heterocycles. The summed E-state index contributed by atoms with van der Waals surface area (Å²) >= 11 is 6.21. The van der Waals surface area contributed by atoms with Crippen molar-refractivity contribution in [1.29, 1.82) is 0 Å². The Morgan fingerprint density at radius 1 is 1.39 bits per heavy atom. The lowest BCUT2D eigenvalue weighted by Gasteiger charge is -2.16. The number of ether oxygens (including phenoxy) is 2. The van der Waals surface area contributed by atoms with Crippen LogP contribution >= 0.6 is 11.6 Å². The van der Waals surface area contributed by atoms with Crippen molar-refractivity contribution in [2.75, 3.05) is 13.2 Å². The first-order chi connectivity index (χ1) is 8.77. The largest absolute Gasteiger partial charge is 0.489 e. The van der Waals surface area contributed by atoms with Crippen LogP contribution in [0.25, 0.3) is 0 Å². The number of halogens is 1. The molecule has 0 radical (unpaired) electrons. The molecule has 96 valence electrons. The van der Waals surface area contributed by atoms with Gasteiger partial charge in [-0.3, -0.25) is 0 Å². The average molecular weight is 268 g/mol. The molecule has 0 atom stereocenters. The van der Waals surface area contributed by atoms with Crippen molar-refractivity contribution in [3.63, 3.8) is 0 Å². The highest BCUT2D eigenvalue weighted by atomic mass is 35.5. The number of isocyanates is 1. The summed E-state index contributed by atoms with van der Waals surface area (Å²) in [6.45, 7) is 3.48. The van der Waals surface area contributed by atoms with Gasteiger partial charge in [0.25, 0.3) is 0 Å². The summed E-state index contributed by atoms with van der Waals surface area (Å²) < 4.78 is 11.3. The molecule has 0 amide bonds. The molecule has 18 heavy (non-hydrogen) atoms. The van der Waals surface area contributed by atoms with Crippen LogP contribution in [0.15, 0.2) is 11.1 Å². The third-order valence-electron chi connectivity index (χ3n) is 2.86. The number of aliphatic imine (C=N–C) groups is 1. The van der Waals surface area contributed by atoms with E-state index in [1.807, 2.05) is 6.92 Å². The Morgan fingerprint density at radius 3 is 2.89 bits per heavy atom. The molecule has 1 aromatic carbocycles. The van der Waals surface area contributed by atoms with E-state index in [1.165, 1.54) is 6.08 Å². The number of nitrogens with zero attached hydrogens (tertiary/aromatic N) is 1.